The molecule has 0 aliphatic carbocycles. The second kappa shape index (κ2) is 17.5. The van der Waals surface area contributed by atoms with Crippen molar-refractivity contribution >= 4 is 5.97 Å². The molecule has 66 heavy (non-hydrogen) atoms. The Labute approximate surface area is 332 Å². The van der Waals surface area contributed by atoms with E-state index < -0.39 is 128 Å². The van der Waals surface area contributed by atoms with Gasteiger partial charge in [0.05, 0.1) is 0 Å². The topological polar surface area (TPSA) is 102 Å². The van der Waals surface area contributed by atoms with Gasteiger partial charge in [-0.15, -0.1) is 0 Å². The predicted octanol–water partition coefficient (Wildman–Crippen LogP) is 11.7. The third-order valence-corrected chi connectivity index (χ3v) is 5.98. The van der Waals surface area contributed by atoms with E-state index in [1.807, 2.05) is 4.74 Å². The van der Waals surface area contributed by atoms with E-state index in [1.165, 1.54) is 4.74 Å². The average Bonchev–Trinajstić information content (AvgIpc) is 2.98. The van der Waals surface area contributed by atoms with Crippen molar-refractivity contribution in [3.63, 3.8) is 0 Å². The Balaban J connectivity index is 6.51. The van der Waals surface area contributed by atoms with E-state index in [0.717, 1.165) is 23.7 Å². The van der Waals surface area contributed by atoms with Gasteiger partial charge >= 0.3 is 110 Å². The Hall–Kier alpha value is -3.52. The minimum absolute atomic E-state index is 0.895. The van der Waals surface area contributed by atoms with Crippen LogP contribution in [-0.2, 0) is 38.0 Å². The molecular weight excluding hydrogens is 1070 g/mol. The second-order valence-corrected chi connectivity index (χ2v) is 11.1. The molecule has 0 aromatic carbocycles. The maximum atomic E-state index is 13.6. The first kappa shape index (κ1) is 62.5. The van der Waals surface area contributed by atoms with Crippen molar-refractivity contribution in [3.05, 3.63) is 12.2 Å². The van der Waals surface area contributed by atoms with Crippen LogP contribution in [-0.4, -0.2) is 115 Å². The van der Waals surface area contributed by atoms with E-state index in [1.54, 1.807) is 0 Å². The molecule has 0 atom stereocenters. The summed E-state index contributed by atoms with van der Waals surface area (Å²) >= 11 is 0. The van der Waals surface area contributed by atoms with Crippen molar-refractivity contribution in [1.82, 2.24) is 0 Å². The van der Waals surface area contributed by atoms with E-state index in [9.17, 15) is 158 Å². The smallest absolute Gasteiger partial charge is 0.460 e. The monoisotopic (exact) mass is 1080 g/mol. The minimum atomic E-state index is -8.61. The van der Waals surface area contributed by atoms with E-state index in [4.69, 9.17) is 5.11 Å². The van der Waals surface area contributed by atoms with Crippen LogP contribution in [0.15, 0.2) is 12.2 Å². The molecule has 0 fully saturated rings. The van der Waals surface area contributed by atoms with Crippen LogP contribution in [0.1, 0.15) is 12.8 Å². The molecular formula is C22H7F35O9. The highest BCUT2D eigenvalue weighted by Crippen LogP contribution is 2.58. The van der Waals surface area contributed by atoms with Crippen LogP contribution in [0.4, 0.5) is 154 Å². The largest absolute Gasteiger partial charge is 0.478 e. The molecule has 0 bridgehead atoms. The number of halogens is 35. The van der Waals surface area contributed by atoms with Crippen LogP contribution < -0.4 is 0 Å². The number of rotatable bonds is 26. The van der Waals surface area contributed by atoms with Crippen LogP contribution in [0.25, 0.3) is 0 Å². The van der Waals surface area contributed by atoms with Crippen LogP contribution in [0.5, 0.6) is 0 Å². The quantitative estimate of drug-likeness (QED) is 0.0670. The Morgan fingerprint density at radius 1 is 0.318 bits per heavy atom. The van der Waals surface area contributed by atoms with Crippen molar-refractivity contribution in [2.75, 3.05) is 0 Å². The Bertz CT molecular complexity index is 1720. The Kier molecular flexibility index (Phi) is 16.5. The molecule has 0 aromatic rings. The molecule has 0 aliphatic heterocycles. The zero-order valence-electron chi connectivity index (χ0n) is 28.6. The first-order chi connectivity index (χ1) is 28.0. The number of alkyl halides is 35. The number of ether oxygens (including phenoxy) is 7. The molecule has 0 radical (unpaired) electrons. The lowest BCUT2D eigenvalue weighted by Crippen LogP contribution is -2.65. The van der Waals surface area contributed by atoms with E-state index in [0.29, 0.717) is 0 Å². The normalized spacial score (nSPS) is 16.2. The van der Waals surface area contributed by atoms with E-state index in [-0.39, 0.29) is 0 Å². The Morgan fingerprint density at radius 2 is 0.500 bits per heavy atom. The first-order valence-electron chi connectivity index (χ1n) is 14.0. The summed E-state index contributed by atoms with van der Waals surface area (Å²) in [5, 5.41) is 8.37. The standard InChI is InChI=1S/C22H7F35O9/c1-4(5(58)59)2-3-6(23,24)60-11(34,35)12(36,37)62-15(42,43)16(44,45)64-19(50,51)20(52,53)66-22(56,57)21(54,55)65-18(48,49)17(46,47)63-14(40,41)13(38,39)61-10(32,33)8(27,28)7(25,26)9(29,30)31/h1-3H2,(H,58,59). The fraction of sp³-hybridized carbons (Fsp3) is 0.864. The summed E-state index contributed by atoms with van der Waals surface area (Å²) in [7, 11) is 0. The van der Waals surface area contributed by atoms with Gasteiger partial charge in [0.15, 0.2) is 0 Å². The third-order valence-electron chi connectivity index (χ3n) is 5.98. The molecule has 0 saturated carbocycles. The molecule has 0 aromatic heterocycles. The van der Waals surface area contributed by atoms with Crippen molar-refractivity contribution in [2.24, 2.45) is 0 Å². The van der Waals surface area contributed by atoms with Crippen molar-refractivity contribution in [3.8, 4) is 0 Å². The van der Waals surface area contributed by atoms with Crippen molar-refractivity contribution in [2.45, 2.75) is 116 Å². The predicted molar refractivity (Wildman–Crippen MR) is 119 cm³/mol. The molecule has 0 rings (SSSR count). The van der Waals surface area contributed by atoms with E-state index >= 15 is 0 Å². The SMILES string of the molecule is C=C(CCC(F)(F)OC(F)(F)C(F)(F)OC(F)(F)C(F)(F)OC(F)(F)C(F)(F)OC(F)(F)C(F)(F)OC(F)(F)C(F)(F)OC(F)(F)C(F)(F)OC(F)(F)C(F)(F)C(F)(F)C(F)(F)F)C(=O)O. The van der Waals surface area contributed by atoms with E-state index in [2.05, 4.69) is 6.58 Å². The molecule has 1 N–H and O–H groups in total. The van der Waals surface area contributed by atoms with Crippen LogP contribution in [0.3, 0.4) is 0 Å². The lowest BCUT2D eigenvalue weighted by molar-refractivity contribution is -0.599. The fourth-order valence-electron chi connectivity index (χ4n) is 2.75. The third kappa shape index (κ3) is 12.8. The molecule has 0 saturated heterocycles. The number of carbonyl (C=O) groups is 1. The number of aliphatic carboxylic acids is 1. The summed E-state index contributed by atoms with van der Waals surface area (Å²) in [6.07, 6.45) is -127. The number of carboxylic acids is 1. The summed E-state index contributed by atoms with van der Waals surface area (Å²) in [6.45, 7) is 2.48. The summed E-state index contributed by atoms with van der Waals surface area (Å²) in [4.78, 5) is 10.4. The fourth-order valence-corrected chi connectivity index (χ4v) is 2.75. The first-order valence-corrected chi connectivity index (χ1v) is 14.0. The molecule has 0 aliphatic rings. The van der Waals surface area contributed by atoms with Gasteiger partial charge in [-0.05, 0) is 6.42 Å². The Morgan fingerprint density at radius 3 is 0.682 bits per heavy atom. The second-order valence-electron chi connectivity index (χ2n) is 11.1. The lowest BCUT2D eigenvalue weighted by atomic mass is 10.1. The summed E-state index contributed by atoms with van der Waals surface area (Å²) < 4.78 is 474. The van der Waals surface area contributed by atoms with Gasteiger partial charge < -0.3 is 5.11 Å². The molecule has 44 heteroatoms. The highest BCUT2D eigenvalue weighted by molar-refractivity contribution is 5.85. The molecule has 394 valence electrons. The maximum Gasteiger partial charge on any atom is 0.460 e. The van der Waals surface area contributed by atoms with Gasteiger partial charge in [-0.1, -0.05) is 6.58 Å². The molecule has 0 heterocycles. The molecule has 9 nitrogen and oxygen atoms in total. The van der Waals surface area contributed by atoms with Gasteiger partial charge in [-0.25, -0.2) is 38.0 Å². The zero-order valence-corrected chi connectivity index (χ0v) is 28.6. The maximum absolute atomic E-state index is 13.6. The van der Waals surface area contributed by atoms with Gasteiger partial charge in [0.2, 0.25) is 0 Å². The lowest BCUT2D eigenvalue weighted by Gasteiger charge is -2.38. The summed E-state index contributed by atoms with van der Waals surface area (Å²) in [6, 6.07) is 0. The summed E-state index contributed by atoms with van der Waals surface area (Å²) in [5.74, 6) is -19.2. The number of hydrogen-bond donors (Lipinski definition) is 1. The van der Waals surface area contributed by atoms with Crippen LogP contribution in [0.2, 0.25) is 0 Å². The molecule has 0 amide bonds. The molecule has 0 spiro atoms. The average molecular weight is 1080 g/mol. The van der Waals surface area contributed by atoms with Crippen molar-refractivity contribution < 1.29 is 197 Å². The van der Waals surface area contributed by atoms with Gasteiger partial charge in [-0.2, -0.15) is 154 Å². The van der Waals surface area contributed by atoms with Crippen molar-refractivity contribution in [1.29, 1.82) is 0 Å². The number of carboxylic acid groups (broad SMARTS) is 1. The number of hydrogen-bond acceptors (Lipinski definition) is 8. The molecule has 0 unspecified atom stereocenters. The van der Waals surface area contributed by atoms with Gasteiger partial charge in [0, 0.05) is 12.0 Å². The highest BCUT2D eigenvalue weighted by Gasteiger charge is 2.86. The van der Waals surface area contributed by atoms with Gasteiger partial charge in [0.25, 0.3) is 0 Å². The zero-order chi connectivity index (χ0) is 54.0. The van der Waals surface area contributed by atoms with Gasteiger partial charge in [0.1, 0.15) is 0 Å². The van der Waals surface area contributed by atoms with Crippen LogP contribution >= 0.6 is 0 Å². The minimum Gasteiger partial charge on any atom is -0.478 e. The van der Waals surface area contributed by atoms with Crippen LogP contribution in [0, 0.1) is 0 Å². The highest BCUT2D eigenvalue weighted by atomic mass is 19.4. The van der Waals surface area contributed by atoms with Gasteiger partial charge in [-0.3, -0.25) is 0 Å². The summed E-state index contributed by atoms with van der Waals surface area (Å²) in [5.41, 5.74) is -1.38.